The molecule has 0 unspecified atom stereocenters. The van der Waals surface area contributed by atoms with Gasteiger partial charge in [0.15, 0.2) is 0 Å². The molecule has 1 saturated heterocycles. The SMILES string of the molecule is Cn1c(N2CCO[C@H](c3ccc(Br)cc3)C2)nc(-c2ccncn2)cc1=O. The summed E-state index contributed by atoms with van der Waals surface area (Å²) in [5.41, 5.74) is 2.14. The average Bonchev–Trinajstić information content (AvgIpc) is 2.71. The predicted octanol–water partition coefficient (Wildman–Crippen LogP) is 2.58. The van der Waals surface area contributed by atoms with E-state index in [-0.39, 0.29) is 11.7 Å². The molecule has 0 bridgehead atoms. The highest BCUT2D eigenvalue weighted by molar-refractivity contribution is 9.10. The molecule has 1 aromatic carbocycles. The number of benzene rings is 1. The molecular formula is C19H18BrN5O2. The minimum atomic E-state index is -0.125. The van der Waals surface area contributed by atoms with E-state index in [0.717, 1.165) is 10.0 Å². The Morgan fingerprint density at radius 2 is 2.00 bits per heavy atom. The van der Waals surface area contributed by atoms with Gasteiger partial charge in [0.05, 0.1) is 24.5 Å². The first-order chi connectivity index (χ1) is 13.1. The van der Waals surface area contributed by atoms with Crippen LogP contribution in [0.2, 0.25) is 0 Å². The highest BCUT2D eigenvalue weighted by Crippen LogP contribution is 2.26. The number of aromatic nitrogens is 4. The topological polar surface area (TPSA) is 73.1 Å². The minimum absolute atomic E-state index is 0.0774. The lowest BCUT2D eigenvalue weighted by atomic mass is 10.1. The minimum Gasteiger partial charge on any atom is -0.370 e. The Balaban J connectivity index is 1.67. The Morgan fingerprint density at radius 1 is 1.19 bits per heavy atom. The number of hydrogen-bond donors (Lipinski definition) is 0. The second kappa shape index (κ2) is 7.58. The van der Waals surface area contributed by atoms with Gasteiger partial charge < -0.3 is 9.64 Å². The molecule has 0 N–H and O–H groups in total. The first kappa shape index (κ1) is 17.8. The van der Waals surface area contributed by atoms with Crippen molar-refractivity contribution in [3.63, 3.8) is 0 Å². The summed E-state index contributed by atoms with van der Waals surface area (Å²) in [6.45, 7) is 1.85. The van der Waals surface area contributed by atoms with Crippen molar-refractivity contribution >= 4 is 21.9 Å². The zero-order valence-corrected chi connectivity index (χ0v) is 16.3. The lowest BCUT2D eigenvalue weighted by Gasteiger charge is -2.34. The molecule has 8 heteroatoms. The maximum Gasteiger partial charge on any atom is 0.255 e. The zero-order chi connectivity index (χ0) is 18.8. The monoisotopic (exact) mass is 427 g/mol. The molecule has 1 aliphatic heterocycles. The van der Waals surface area contributed by atoms with E-state index in [0.29, 0.717) is 37.0 Å². The van der Waals surface area contributed by atoms with E-state index < -0.39 is 0 Å². The fraction of sp³-hybridized carbons (Fsp3) is 0.263. The fourth-order valence-electron chi connectivity index (χ4n) is 3.09. The molecule has 0 radical (unpaired) electrons. The molecule has 4 rings (SSSR count). The van der Waals surface area contributed by atoms with Crippen LogP contribution in [0.15, 0.2) is 58.2 Å². The molecule has 3 aromatic rings. The van der Waals surface area contributed by atoms with Crippen LogP contribution in [-0.4, -0.2) is 39.2 Å². The van der Waals surface area contributed by atoms with Crippen LogP contribution in [-0.2, 0) is 11.8 Å². The average molecular weight is 428 g/mol. The van der Waals surface area contributed by atoms with Gasteiger partial charge in [-0.15, -0.1) is 0 Å². The first-order valence-corrected chi connectivity index (χ1v) is 9.37. The Morgan fingerprint density at radius 3 is 2.74 bits per heavy atom. The van der Waals surface area contributed by atoms with Crippen LogP contribution >= 0.6 is 15.9 Å². The maximum atomic E-state index is 12.5. The molecule has 1 aliphatic rings. The summed E-state index contributed by atoms with van der Waals surface area (Å²) in [5.74, 6) is 0.613. The van der Waals surface area contributed by atoms with Gasteiger partial charge in [-0.3, -0.25) is 9.36 Å². The molecule has 138 valence electrons. The smallest absolute Gasteiger partial charge is 0.255 e. The third-order valence-electron chi connectivity index (χ3n) is 4.55. The number of hydrogen-bond acceptors (Lipinski definition) is 6. The summed E-state index contributed by atoms with van der Waals surface area (Å²) >= 11 is 3.46. The van der Waals surface area contributed by atoms with Crippen molar-refractivity contribution in [3.05, 3.63) is 69.3 Å². The van der Waals surface area contributed by atoms with Crippen molar-refractivity contribution in [2.45, 2.75) is 6.10 Å². The molecule has 0 aliphatic carbocycles. The van der Waals surface area contributed by atoms with Gasteiger partial charge in [-0.05, 0) is 23.8 Å². The fourth-order valence-corrected chi connectivity index (χ4v) is 3.36. The van der Waals surface area contributed by atoms with Crippen LogP contribution in [0.4, 0.5) is 5.95 Å². The van der Waals surface area contributed by atoms with Gasteiger partial charge in [-0.1, -0.05) is 28.1 Å². The summed E-state index contributed by atoms with van der Waals surface area (Å²) in [6, 6.07) is 11.3. The van der Waals surface area contributed by atoms with Gasteiger partial charge in [-0.2, -0.15) is 0 Å². The van der Waals surface area contributed by atoms with E-state index in [4.69, 9.17) is 9.72 Å². The van der Waals surface area contributed by atoms with Crippen LogP contribution in [0.25, 0.3) is 11.4 Å². The van der Waals surface area contributed by atoms with Crippen LogP contribution in [0.5, 0.6) is 0 Å². The Hall–Kier alpha value is -2.58. The summed E-state index contributed by atoms with van der Waals surface area (Å²) in [6.07, 6.45) is 3.01. The second-order valence-electron chi connectivity index (χ2n) is 6.29. The van der Waals surface area contributed by atoms with E-state index in [1.165, 1.54) is 12.4 Å². The molecule has 27 heavy (non-hydrogen) atoms. The highest BCUT2D eigenvalue weighted by atomic mass is 79.9. The van der Waals surface area contributed by atoms with Gasteiger partial charge in [0.1, 0.15) is 12.4 Å². The van der Waals surface area contributed by atoms with Crippen molar-refractivity contribution in [3.8, 4) is 11.4 Å². The highest BCUT2D eigenvalue weighted by Gasteiger charge is 2.25. The third kappa shape index (κ3) is 3.77. The number of nitrogens with zero attached hydrogens (tertiary/aromatic N) is 5. The standard InChI is InChI=1S/C19H18BrN5O2/c1-24-18(26)10-16(15-6-7-21-12-22-15)23-19(24)25-8-9-27-17(11-25)13-2-4-14(20)5-3-13/h2-7,10,12,17H,8-9,11H2,1H3/t17-/m0/s1. The molecule has 0 saturated carbocycles. The van der Waals surface area contributed by atoms with E-state index in [2.05, 4.69) is 30.8 Å². The van der Waals surface area contributed by atoms with E-state index in [9.17, 15) is 4.79 Å². The van der Waals surface area contributed by atoms with Crippen molar-refractivity contribution in [2.24, 2.45) is 7.05 Å². The summed E-state index contributed by atoms with van der Waals surface area (Å²) in [4.78, 5) is 27.4. The van der Waals surface area contributed by atoms with Crippen molar-refractivity contribution in [2.75, 3.05) is 24.6 Å². The van der Waals surface area contributed by atoms with Gasteiger partial charge in [0.2, 0.25) is 5.95 Å². The quantitative estimate of drug-likeness (QED) is 0.639. The van der Waals surface area contributed by atoms with Gasteiger partial charge >= 0.3 is 0 Å². The van der Waals surface area contributed by atoms with E-state index >= 15 is 0 Å². The number of morpholine rings is 1. The van der Waals surface area contributed by atoms with Crippen molar-refractivity contribution in [1.82, 2.24) is 19.5 Å². The van der Waals surface area contributed by atoms with Crippen molar-refractivity contribution in [1.29, 1.82) is 0 Å². The largest absolute Gasteiger partial charge is 0.370 e. The summed E-state index contributed by atoms with van der Waals surface area (Å²) in [5, 5.41) is 0. The van der Waals surface area contributed by atoms with Gasteiger partial charge in [0.25, 0.3) is 5.56 Å². The van der Waals surface area contributed by atoms with Crippen LogP contribution in [0.1, 0.15) is 11.7 Å². The predicted molar refractivity (Wildman–Crippen MR) is 106 cm³/mol. The van der Waals surface area contributed by atoms with Crippen LogP contribution in [0.3, 0.4) is 0 Å². The Labute approximate surface area is 164 Å². The lowest BCUT2D eigenvalue weighted by Crippen LogP contribution is -2.41. The molecule has 0 amide bonds. The van der Waals surface area contributed by atoms with Crippen LogP contribution in [0, 0.1) is 0 Å². The lowest BCUT2D eigenvalue weighted by molar-refractivity contribution is 0.0389. The van der Waals surface area contributed by atoms with Gasteiger partial charge in [0, 0.05) is 30.3 Å². The zero-order valence-electron chi connectivity index (χ0n) is 14.7. The van der Waals surface area contributed by atoms with E-state index in [1.54, 1.807) is 23.9 Å². The molecule has 3 heterocycles. The number of ether oxygens (including phenoxy) is 1. The molecule has 0 spiro atoms. The number of halogens is 1. The molecule has 2 aromatic heterocycles. The van der Waals surface area contributed by atoms with Gasteiger partial charge in [-0.25, -0.2) is 15.0 Å². The normalized spacial score (nSPS) is 17.1. The van der Waals surface area contributed by atoms with Crippen LogP contribution < -0.4 is 10.5 Å². The second-order valence-corrected chi connectivity index (χ2v) is 7.21. The maximum absolute atomic E-state index is 12.5. The summed E-state index contributed by atoms with van der Waals surface area (Å²) in [7, 11) is 1.73. The van der Waals surface area contributed by atoms with Crippen molar-refractivity contribution < 1.29 is 4.74 Å². The summed E-state index contributed by atoms with van der Waals surface area (Å²) < 4.78 is 8.54. The molecule has 7 nitrogen and oxygen atoms in total. The first-order valence-electron chi connectivity index (χ1n) is 8.58. The van der Waals surface area contributed by atoms with E-state index in [1.807, 2.05) is 24.3 Å². The number of rotatable bonds is 3. The number of anilines is 1. The molecular weight excluding hydrogens is 410 g/mol. The third-order valence-corrected chi connectivity index (χ3v) is 5.08. The molecule has 1 fully saturated rings. The Bertz CT molecular complexity index is 991. The Kier molecular flexibility index (Phi) is 5.00. The molecule has 1 atom stereocenters.